The van der Waals surface area contributed by atoms with Crippen LogP contribution >= 0.6 is 0 Å². The highest BCUT2D eigenvalue weighted by molar-refractivity contribution is 5.91. The Kier molecular flexibility index (Phi) is 13.7. The van der Waals surface area contributed by atoms with Crippen LogP contribution < -0.4 is 9.47 Å². The van der Waals surface area contributed by atoms with Crippen LogP contribution in [0.15, 0.2) is 36.4 Å². The summed E-state index contributed by atoms with van der Waals surface area (Å²) in [5, 5.41) is 71.1. The number of rotatable bonds is 18. The number of hydrogen-bond acceptors (Lipinski definition) is 12. The van der Waals surface area contributed by atoms with E-state index in [1.165, 1.54) is 69.9 Å². The maximum absolute atomic E-state index is 13.1. The van der Waals surface area contributed by atoms with Crippen molar-refractivity contribution in [3.05, 3.63) is 53.1 Å². The lowest BCUT2D eigenvalue weighted by Crippen LogP contribution is -2.34. The number of hydrogen-bond donors (Lipinski definition) is 7. The quantitative estimate of drug-likeness (QED) is 0.0293. The molecule has 7 N–H and O–H groups in total. The largest absolute Gasteiger partial charge is 0.508 e. The van der Waals surface area contributed by atoms with E-state index in [1.54, 1.807) is 0 Å². The van der Waals surface area contributed by atoms with Gasteiger partial charge >= 0.3 is 11.9 Å². The summed E-state index contributed by atoms with van der Waals surface area (Å²) in [6.07, 6.45) is 12.5. The van der Waals surface area contributed by atoms with Gasteiger partial charge in [-0.2, -0.15) is 0 Å². The lowest BCUT2D eigenvalue weighted by molar-refractivity contribution is -0.134. The van der Waals surface area contributed by atoms with Gasteiger partial charge in [0.15, 0.2) is 34.9 Å². The van der Waals surface area contributed by atoms with E-state index >= 15 is 0 Å². The molecule has 0 saturated heterocycles. The normalized spacial score (nSPS) is 15.2. The van der Waals surface area contributed by atoms with Crippen LogP contribution in [0.4, 0.5) is 0 Å². The molecule has 0 aromatic heterocycles. The van der Waals surface area contributed by atoms with Gasteiger partial charge in [-0.1, -0.05) is 84.0 Å². The first-order valence-electron chi connectivity index (χ1n) is 17.4. The number of benzene rings is 3. The first-order valence-corrected chi connectivity index (χ1v) is 17.4. The van der Waals surface area contributed by atoms with E-state index in [0.29, 0.717) is 6.42 Å². The number of esters is 2. The number of aromatic hydroxyl groups is 7. The van der Waals surface area contributed by atoms with Gasteiger partial charge in [0, 0.05) is 36.1 Å². The highest BCUT2D eigenvalue weighted by atomic mass is 16.6. The van der Waals surface area contributed by atoms with Crippen molar-refractivity contribution in [1.82, 2.24) is 0 Å². The summed E-state index contributed by atoms with van der Waals surface area (Å²) in [5.74, 6) is -6.25. The third-order valence-corrected chi connectivity index (χ3v) is 8.84. The van der Waals surface area contributed by atoms with E-state index in [-0.39, 0.29) is 52.5 Å². The van der Waals surface area contributed by atoms with E-state index in [4.69, 9.17) is 14.2 Å². The molecule has 0 radical (unpaired) electrons. The Hall–Kier alpha value is -5.00. The van der Waals surface area contributed by atoms with Crippen LogP contribution in [0.2, 0.25) is 0 Å². The predicted octanol–water partition coefficient (Wildman–Crippen LogP) is 7.91. The number of carbonyl (C=O) groups is 2. The Labute approximate surface area is 291 Å². The zero-order valence-corrected chi connectivity index (χ0v) is 28.4. The fraction of sp³-hybridized carbons (Fsp3) is 0.474. The molecule has 0 unspecified atom stereocenters. The van der Waals surface area contributed by atoms with Crippen molar-refractivity contribution in [1.29, 1.82) is 0 Å². The van der Waals surface area contributed by atoms with Crippen LogP contribution in [0.1, 0.15) is 124 Å². The van der Waals surface area contributed by atoms with Crippen molar-refractivity contribution in [2.24, 2.45) is 0 Å². The summed E-state index contributed by atoms with van der Waals surface area (Å²) < 4.78 is 17.1. The molecule has 0 amide bonds. The fourth-order valence-electron chi connectivity index (χ4n) is 6.08. The molecule has 3 aromatic rings. The smallest absolute Gasteiger partial charge is 0.338 e. The molecule has 12 heteroatoms. The van der Waals surface area contributed by atoms with Gasteiger partial charge in [0.1, 0.15) is 23.4 Å². The molecular weight excluding hydrogens is 648 g/mol. The molecule has 0 saturated carbocycles. The molecule has 1 heterocycles. The second kappa shape index (κ2) is 18.1. The molecule has 4 rings (SSSR count). The van der Waals surface area contributed by atoms with Gasteiger partial charge in [-0.25, -0.2) is 4.79 Å². The first-order chi connectivity index (χ1) is 24.0. The van der Waals surface area contributed by atoms with Crippen LogP contribution in [-0.2, 0) is 16.0 Å². The van der Waals surface area contributed by atoms with Crippen LogP contribution in [0.25, 0.3) is 0 Å². The van der Waals surface area contributed by atoms with Gasteiger partial charge in [0.05, 0.1) is 5.56 Å². The average Bonchev–Trinajstić information content (AvgIpc) is 3.07. The number of carbonyl (C=O) groups excluding carboxylic acids is 2. The Morgan fingerprint density at radius 1 is 0.680 bits per heavy atom. The minimum atomic E-state index is -1.23. The fourth-order valence-corrected chi connectivity index (χ4v) is 6.08. The van der Waals surface area contributed by atoms with Crippen molar-refractivity contribution < 1.29 is 59.5 Å². The van der Waals surface area contributed by atoms with Crippen LogP contribution in [0.5, 0.6) is 51.7 Å². The minimum absolute atomic E-state index is 0.0493. The van der Waals surface area contributed by atoms with Gasteiger partial charge < -0.3 is 50.0 Å². The maximum Gasteiger partial charge on any atom is 0.338 e. The van der Waals surface area contributed by atoms with Gasteiger partial charge in [0.2, 0.25) is 5.75 Å². The molecule has 0 aliphatic carbocycles. The number of phenols is 7. The number of ether oxygens (including phenoxy) is 3. The monoisotopic (exact) mass is 696 g/mol. The molecule has 272 valence electrons. The number of phenolic OH excluding ortho intramolecular Hbond substituents is 7. The maximum atomic E-state index is 13.1. The first kappa shape index (κ1) is 37.8. The predicted molar refractivity (Wildman–Crippen MR) is 183 cm³/mol. The van der Waals surface area contributed by atoms with Crippen LogP contribution in [-0.4, -0.2) is 53.8 Å². The molecular formula is C38H48O12. The summed E-state index contributed by atoms with van der Waals surface area (Å²) in [7, 11) is 0. The molecule has 50 heavy (non-hydrogen) atoms. The van der Waals surface area contributed by atoms with Gasteiger partial charge in [-0.15, -0.1) is 0 Å². The zero-order valence-electron chi connectivity index (χ0n) is 28.4. The van der Waals surface area contributed by atoms with Crippen LogP contribution in [0, 0.1) is 0 Å². The second-order valence-electron chi connectivity index (χ2n) is 12.8. The van der Waals surface area contributed by atoms with Crippen molar-refractivity contribution in [2.75, 3.05) is 0 Å². The van der Waals surface area contributed by atoms with E-state index < -0.39 is 52.9 Å². The van der Waals surface area contributed by atoms with Gasteiger partial charge in [-0.05, 0) is 30.7 Å². The number of fused-ring (bicyclic) bond motifs is 1. The molecule has 2 atom stereocenters. The third-order valence-electron chi connectivity index (χ3n) is 8.84. The topological polar surface area (TPSA) is 203 Å². The third kappa shape index (κ3) is 10.3. The average molecular weight is 697 g/mol. The summed E-state index contributed by atoms with van der Waals surface area (Å²) in [6, 6.07) is 6.50. The minimum Gasteiger partial charge on any atom is -0.508 e. The number of unbranched alkanes of at least 4 members (excludes halogenated alkanes) is 12. The molecule has 0 fully saturated rings. The van der Waals surface area contributed by atoms with E-state index in [1.807, 2.05) is 0 Å². The lowest BCUT2D eigenvalue weighted by Gasteiger charge is -2.34. The van der Waals surface area contributed by atoms with Crippen molar-refractivity contribution in [2.45, 2.75) is 115 Å². The Bertz CT molecular complexity index is 1590. The second-order valence-corrected chi connectivity index (χ2v) is 12.8. The summed E-state index contributed by atoms with van der Waals surface area (Å²) in [4.78, 5) is 25.8. The zero-order chi connectivity index (χ0) is 36.2. The van der Waals surface area contributed by atoms with E-state index in [0.717, 1.165) is 43.5 Å². The summed E-state index contributed by atoms with van der Waals surface area (Å²) in [5.41, 5.74) is 0.000984. The van der Waals surface area contributed by atoms with Crippen molar-refractivity contribution >= 4 is 11.9 Å². The van der Waals surface area contributed by atoms with E-state index in [9.17, 15) is 45.3 Å². The highest BCUT2D eigenvalue weighted by Gasteiger charge is 2.37. The van der Waals surface area contributed by atoms with Crippen molar-refractivity contribution in [3.8, 4) is 51.7 Å². The highest BCUT2D eigenvalue weighted by Crippen LogP contribution is 2.46. The Morgan fingerprint density at radius 3 is 1.84 bits per heavy atom. The lowest BCUT2D eigenvalue weighted by atomic mass is 9.93. The molecule has 0 spiro atoms. The molecule has 3 aromatic carbocycles. The molecule has 1 aliphatic rings. The van der Waals surface area contributed by atoms with Gasteiger partial charge in [0.25, 0.3) is 0 Å². The van der Waals surface area contributed by atoms with E-state index in [2.05, 4.69) is 6.92 Å². The molecule has 12 nitrogen and oxygen atoms in total. The van der Waals surface area contributed by atoms with Crippen LogP contribution in [0.3, 0.4) is 0 Å². The SMILES string of the molecule is CCCCCCCCCCCCCCCC(=O)Oc1cc([C@H]2Oc3cc(O)cc(O)c3C[C@H]2OC(=O)c2cc(O)c(O)c(O)c2)cc(O)c1O. The van der Waals surface area contributed by atoms with Crippen molar-refractivity contribution in [3.63, 3.8) is 0 Å². The molecule has 1 aliphatic heterocycles. The molecule has 0 bridgehead atoms. The summed E-state index contributed by atoms with van der Waals surface area (Å²) in [6.45, 7) is 2.22. The Balaban J connectivity index is 1.39. The Morgan fingerprint density at radius 2 is 1.24 bits per heavy atom. The summed E-state index contributed by atoms with van der Waals surface area (Å²) >= 11 is 0. The van der Waals surface area contributed by atoms with Gasteiger partial charge in [-0.3, -0.25) is 4.79 Å². The standard InChI is InChI=1S/C38H48O12/c1-2-3-4-5-6-7-8-9-10-11-12-13-14-15-34(44)48-32-19-23(16-30(43)36(32)46)37-33(22-26-27(40)20-25(39)21-31(26)49-37)50-38(47)24-17-28(41)35(45)29(42)18-24/h16-21,33,37,39-43,45-46H,2-15,22H2,1H3/t33-,37-/m1/s1.